The molecule has 0 aromatic rings. The number of nitrogens with one attached hydrogen (secondary N) is 1. The zero-order chi connectivity index (χ0) is 11.6. The molecule has 0 rings (SSSR count). The lowest BCUT2D eigenvalue weighted by Gasteiger charge is -1.95. The van der Waals surface area contributed by atoms with Gasteiger partial charge in [-0.3, -0.25) is 10.2 Å². The third kappa shape index (κ3) is 10.7. The van der Waals surface area contributed by atoms with Crippen molar-refractivity contribution in [3.8, 4) is 0 Å². The molecular weight excluding hydrogens is 194 g/mol. The fourth-order valence-corrected chi connectivity index (χ4v) is 0.277. The quantitative estimate of drug-likeness (QED) is 0.533. The number of carbonyl (C=O) groups is 1. The number of allylic oxidation sites excluding steroid dienone is 2. The summed E-state index contributed by atoms with van der Waals surface area (Å²) in [5.41, 5.74) is 3.38. The first-order valence-electron chi connectivity index (χ1n) is 3.77. The molecule has 0 aliphatic carbocycles. The fourth-order valence-electron chi connectivity index (χ4n) is 0.277. The van der Waals surface area contributed by atoms with Gasteiger partial charge in [0.15, 0.2) is 6.29 Å². The highest BCUT2D eigenvalue weighted by molar-refractivity contribution is 6.32. The van der Waals surface area contributed by atoms with Crippen molar-refractivity contribution in [3.05, 3.63) is 11.8 Å². The number of halogens is 2. The Morgan fingerprint density at radius 2 is 2.07 bits per heavy atom. The molecule has 0 aromatic carbocycles. The normalized spacial score (nSPS) is 10.5. The Labute approximate surface area is 81.2 Å². The fraction of sp³-hybridized carbons (Fsp3) is 0.500. The largest absolute Gasteiger partial charge is 0.397 e. The Hall–Kier alpha value is -1.30. The molecular formula is C8H14F2N2O2. The van der Waals surface area contributed by atoms with E-state index in [1.807, 2.05) is 6.92 Å². The molecule has 0 fully saturated rings. The van der Waals surface area contributed by atoms with Gasteiger partial charge >= 0.3 is 0 Å². The first-order valence-corrected chi connectivity index (χ1v) is 3.77. The van der Waals surface area contributed by atoms with Crippen LogP contribution in [0, 0.1) is 5.41 Å². The molecule has 0 unspecified atom stereocenters. The van der Waals surface area contributed by atoms with Crippen LogP contribution >= 0.6 is 0 Å². The number of hydrogen-bond acceptors (Lipinski definition) is 4. The first kappa shape index (κ1) is 15.2. The Bertz CT molecular complexity index is 204. The van der Waals surface area contributed by atoms with Crippen LogP contribution in [0.25, 0.3) is 0 Å². The molecule has 0 aliphatic heterocycles. The van der Waals surface area contributed by atoms with Crippen LogP contribution in [0.3, 0.4) is 0 Å². The number of carbonyl (C=O) groups excluding carboxylic acids is 1. The van der Waals surface area contributed by atoms with E-state index < -0.39 is 17.8 Å². The second-order valence-electron chi connectivity index (χ2n) is 2.10. The van der Waals surface area contributed by atoms with E-state index in [1.54, 1.807) is 7.11 Å². The molecule has 0 saturated heterocycles. The summed E-state index contributed by atoms with van der Waals surface area (Å²) in [5, 5.41) is 6.60. The Balaban J connectivity index is 0. The van der Waals surface area contributed by atoms with Crippen molar-refractivity contribution in [1.29, 1.82) is 5.41 Å². The van der Waals surface area contributed by atoms with Crippen molar-refractivity contribution in [2.24, 2.45) is 5.73 Å². The highest BCUT2D eigenvalue weighted by Crippen LogP contribution is 2.00. The zero-order valence-electron chi connectivity index (χ0n) is 8.09. The molecule has 0 bridgehead atoms. The summed E-state index contributed by atoms with van der Waals surface area (Å²) < 4.78 is 27.6. The highest BCUT2D eigenvalue weighted by atomic mass is 19.3. The monoisotopic (exact) mass is 208 g/mol. The predicted octanol–water partition coefficient (Wildman–Crippen LogP) is 0.965. The van der Waals surface area contributed by atoms with Crippen molar-refractivity contribution in [2.75, 3.05) is 13.7 Å². The minimum absolute atomic E-state index is 0.134. The van der Waals surface area contributed by atoms with Gasteiger partial charge in [0.25, 0.3) is 6.43 Å². The maximum atomic E-state index is 11.5. The van der Waals surface area contributed by atoms with Crippen molar-refractivity contribution in [3.63, 3.8) is 0 Å². The summed E-state index contributed by atoms with van der Waals surface area (Å²) >= 11 is 0. The van der Waals surface area contributed by atoms with E-state index in [1.165, 1.54) is 0 Å². The molecule has 0 aromatic heterocycles. The van der Waals surface area contributed by atoms with Crippen molar-refractivity contribution in [1.82, 2.24) is 0 Å². The van der Waals surface area contributed by atoms with E-state index in [0.717, 1.165) is 6.61 Å². The van der Waals surface area contributed by atoms with Gasteiger partial charge in [-0.2, -0.15) is 0 Å². The molecule has 0 spiro atoms. The minimum Gasteiger partial charge on any atom is -0.397 e. The van der Waals surface area contributed by atoms with Crippen molar-refractivity contribution in [2.45, 2.75) is 13.3 Å². The SMILES string of the molecule is CCOC.N=C(C=O)/C=C(\N)C(F)F. The molecule has 3 N–H and O–H groups in total. The van der Waals surface area contributed by atoms with E-state index in [4.69, 9.17) is 11.1 Å². The molecule has 0 saturated carbocycles. The summed E-state index contributed by atoms with van der Waals surface area (Å²) in [5.74, 6) is 0. The minimum atomic E-state index is -2.81. The molecule has 0 aliphatic rings. The molecule has 82 valence electrons. The van der Waals surface area contributed by atoms with Crippen LogP contribution in [0.15, 0.2) is 11.8 Å². The van der Waals surface area contributed by atoms with Gasteiger partial charge in [-0.15, -0.1) is 0 Å². The van der Waals surface area contributed by atoms with E-state index in [-0.39, 0.29) is 6.29 Å². The van der Waals surface area contributed by atoms with Crippen LogP contribution in [0.2, 0.25) is 0 Å². The maximum Gasteiger partial charge on any atom is 0.277 e. The Kier molecular flexibility index (Phi) is 10.6. The molecule has 0 atom stereocenters. The molecule has 0 heterocycles. The van der Waals surface area contributed by atoms with E-state index >= 15 is 0 Å². The Morgan fingerprint density at radius 3 is 2.29 bits per heavy atom. The second kappa shape index (κ2) is 9.79. The number of nitrogens with two attached hydrogens (primary N) is 1. The van der Waals surface area contributed by atoms with Gasteiger partial charge in [-0.1, -0.05) is 0 Å². The summed E-state index contributed by atoms with van der Waals surface area (Å²) in [4.78, 5) is 9.69. The van der Waals surface area contributed by atoms with Gasteiger partial charge in [-0.05, 0) is 13.0 Å². The lowest BCUT2D eigenvalue weighted by Crippen LogP contribution is -2.10. The lowest BCUT2D eigenvalue weighted by molar-refractivity contribution is -0.102. The van der Waals surface area contributed by atoms with Crippen LogP contribution in [0.4, 0.5) is 8.78 Å². The second-order valence-corrected chi connectivity index (χ2v) is 2.10. The van der Waals surface area contributed by atoms with Crippen molar-refractivity contribution >= 4 is 12.0 Å². The van der Waals surface area contributed by atoms with E-state index in [9.17, 15) is 13.6 Å². The zero-order valence-corrected chi connectivity index (χ0v) is 8.09. The number of hydrogen-bond donors (Lipinski definition) is 2. The molecule has 0 radical (unpaired) electrons. The van der Waals surface area contributed by atoms with Crippen LogP contribution in [-0.4, -0.2) is 32.1 Å². The number of methoxy groups -OCH3 is 1. The number of ether oxygens (including phenoxy) is 1. The molecule has 6 heteroatoms. The van der Waals surface area contributed by atoms with Gasteiger partial charge in [0.2, 0.25) is 0 Å². The summed E-state index contributed by atoms with van der Waals surface area (Å²) in [6.45, 7) is 2.78. The molecule has 14 heavy (non-hydrogen) atoms. The van der Waals surface area contributed by atoms with Crippen LogP contribution < -0.4 is 5.73 Å². The van der Waals surface area contributed by atoms with E-state index in [2.05, 4.69) is 4.74 Å². The highest BCUT2D eigenvalue weighted by Gasteiger charge is 2.05. The number of rotatable bonds is 4. The van der Waals surface area contributed by atoms with E-state index in [0.29, 0.717) is 6.08 Å². The van der Waals surface area contributed by atoms with Gasteiger partial charge in [0, 0.05) is 13.7 Å². The van der Waals surface area contributed by atoms with Crippen molar-refractivity contribution < 1.29 is 18.3 Å². The lowest BCUT2D eigenvalue weighted by atomic mass is 10.3. The average molecular weight is 208 g/mol. The van der Waals surface area contributed by atoms with Gasteiger partial charge in [0.05, 0.1) is 11.4 Å². The summed E-state index contributed by atoms with van der Waals surface area (Å²) in [6.07, 6.45) is -2.05. The molecule has 4 nitrogen and oxygen atoms in total. The third-order valence-electron chi connectivity index (χ3n) is 0.990. The number of aldehydes is 1. The van der Waals surface area contributed by atoms with Gasteiger partial charge in [-0.25, -0.2) is 8.78 Å². The third-order valence-corrected chi connectivity index (χ3v) is 0.990. The molecule has 0 amide bonds. The average Bonchev–Trinajstić information content (AvgIpc) is 2.17. The summed E-state index contributed by atoms with van der Waals surface area (Å²) in [6, 6.07) is 0. The Morgan fingerprint density at radius 1 is 1.64 bits per heavy atom. The van der Waals surface area contributed by atoms with Gasteiger partial charge < -0.3 is 10.5 Å². The maximum absolute atomic E-state index is 11.5. The topological polar surface area (TPSA) is 76.2 Å². The first-order chi connectivity index (χ1) is 6.49. The van der Waals surface area contributed by atoms with Crippen LogP contribution in [0.1, 0.15) is 6.92 Å². The number of alkyl halides is 2. The standard InChI is InChI=1S/C5H6F2N2O.C3H8O/c6-5(7)4(9)1-3(8)2-10;1-3-4-2/h1-2,5,8H,9H2;3H2,1-2H3/b4-1-,8-3?;. The summed E-state index contributed by atoms with van der Waals surface area (Å²) in [7, 11) is 1.68. The van der Waals surface area contributed by atoms with Gasteiger partial charge in [0.1, 0.15) is 0 Å². The smallest absolute Gasteiger partial charge is 0.277 e. The predicted molar refractivity (Wildman–Crippen MR) is 49.6 cm³/mol. The van der Waals surface area contributed by atoms with Crippen LogP contribution in [-0.2, 0) is 9.53 Å². The van der Waals surface area contributed by atoms with Crippen LogP contribution in [0.5, 0.6) is 0 Å².